The molecule has 2 aromatic carbocycles. The summed E-state index contributed by atoms with van der Waals surface area (Å²) in [5.74, 6) is 0.328. The fourth-order valence-corrected chi connectivity index (χ4v) is 4.91. The van der Waals surface area contributed by atoms with Crippen molar-refractivity contribution in [3.8, 4) is 17.7 Å². The van der Waals surface area contributed by atoms with E-state index in [1.165, 1.54) is 34.9 Å². The predicted octanol–water partition coefficient (Wildman–Crippen LogP) is 5.40. The number of ether oxygens (including phenoxy) is 1. The van der Waals surface area contributed by atoms with Gasteiger partial charge in [-0.3, -0.25) is 9.20 Å². The van der Waals surface area contributed by atoms with E-state index in [1.807, 2.05) is 19.9 Å². The Morgan fingerprint density at radius 2 is 1.74 bits per heavy atom. The van der Waals surface area contributed by atoms with Gasteiger partial charge >= 0.3 is 0 Å². The first-order valence-electron chi connectivity index (χ1n) is 10.5. The SMILES string of the molecule is Cc1cc(C)cc(Oc2nc3c(C)cccn3c(=O)c2/C=C(/C#N)S(=O)(=O)c2ccc(Cl)cc2)c1. The summed E-state index contributed by atoms with van der Waals surface area (Å²) in [6, 6.07) is 16.1. The first kappa shape index (κ1) is 24.2. The highest BCUT2D eigenvalue weighted by atomic mass is 35.5. The molecule has 0 bridgehead atoms. The van der Waals surface area contributed by atoms with Crippen LogP contribution in [0.3, 0.4) is 0 Å². The number of allylic oxidation sites excluding steroid dienone is 1. The van der Waals surface area contributed by atoms with E-state index in [0.29, 0.717) is 16.4 Å². The average Bonchev–Trinajstić information content (AvgIpc) is 2.79. The second-order valence-electron chi connectivity index (χ2n) is 8.02. The molecule has 4 aromatic rings. The van der Waals surface area contributed by atoms with Crippen LogP contribution in [0, 0.1) is 32.1 Å². The van der Waals surface area contributed by atoms with Gasteiger partial charge < -0.3 is 4.74 Å². The number of benzene rings is 2. The molecule has 2 heterocycles. The molecule has 0 unspecified atom stereocenters. The maximum absolute atomic E-state index is 13.5. The molecule has 0 saturated carbocycles. The molecule has 2 aromatic heterocycles. The van der Waals surface area contributed by atoms with Crippen molar-refractivity contribution in [2.45, 2.75) is 25.7 Å². The zero-order chi connectivity index (χ0) is 25.3. The molecule has 7 nitrogen and oxygen atoms in total. The second-order valence-corrected chi connectivity index (χ2v) is 10.4. The lowest BCUT2D eigenvalue weighted by Crippen LogP contribution is -2.20. The van der Waals surface area contributed by atoms with Crippen molar-refractivity contribution >= 4 is 33.2 Å². The van der Waals surface area contributed by atoms with Gasteiger partial charge in [-0.1, -0.05) is 23.7 Å². The lowest BCUT2D eigenvalue weighted by atomic mass is 10.1. The van der Waals surface area contributed by atoms with Crippen LogP contribution in [0.25, 0.3) is 11.7 Å². The van der Waals surface area contributed by atoms with Crippen molar-refractivity contribution in [2.75, 3.05) is 0 Å². The van der Waals surface area contributed by atoms with Crippen molar-refractivity contribution in [3.05, 3.63) is 103 Å². The van der Waals surface area contributed by atoms with Gasteiger partial charge in [0.2, 0.25) is 15.7 Å². The Balaban J connectivity index is 1.97. The molecule has 0 fully saturated rings. The molecular weight excluding hydrogens is 486 g/mol. The molecule has 35 heavy (non-hydrogen) atoms. The second kappa shape index (κ2) is 9.37. The molecule has 9 heteroatoms. The number of hydrogen-bond acceptors (Lipinski definition) is 6. The number of aromatic nitrogens is 2. The van der Waals surface area contributed by atoms with Crippen LogP contribution in [0.2, 0.25) is 5.02 Å². The monoisotopic (exact) mass is 505 g/mol. The number of pyridine rings is 1. The van der Waals surface area contributed by atoms with Crippen LogP contribution in [0.5, 0.6) is 11.6 Å². The van der Waals surface area contributed by atoms with Gasteiger partial charge in [0.25, 0.3) is 5.56 Å². The first-order chi connectivity index (χ1) is 16.6. The minimum absolute atomic E-state index is 0.103. The summed E-state index contributed by atoms with van der Waals surface area (Å²) in [6.07, 6.45) is 2.53. The predicted molar refractivity (Wildman–Crippen MR) is 134 cm³/mol. The Labute approximate surface area is 207 Å². The number of rotatable bonds is 5. The van der Waals surface area contributed by atoms with Crippen molar-refractivity contribution in [1.82, 2.24) is 9.38 Å². The lowest BCUT2D eigenvalue weighted by molar-refractivity contribution is 0.460. The molecule has 0 saturated heterocycles. The maximum atomic E-state index is 13.5. The van der Waals surface area contributed by atoms with Gasteiger partial charge in [0.15, 0.2) is 0 Å². The minimum Gasteiger partial charge on any atom is -0.438 e. The highest BCUT2D eigenvalue weighted by molar-refractivity contribution is 7.95. The van der Waals surface area contributed by atoms with Crippen LogP contribution in [0.15, 0.2) is 75.4 Å². The Hall–Kier alpha value is -3.93. The molecular formula is C26H20ClN3O4S. The summed E-state index contributed by atoms with van der Waals surface area (Å²) >= 11 is 5.87. The zero-order valence-electron chi connectivity index (χ0n) is 19.1. The van der Waals surface area contributed by atoms with Crippen molar-refractivity contribution in [1.29, 1.82) is 5.26 Å². The van der Waals surface area contributed by atoms with E-state index in [4.69, 9.17) is 16.3 Å². The Bertz CT molecular complexity index is 1680. The standard InChI is InChI=1S/C26H20ClN3O4S/c1-16-11-17(2)13-20(12-16)34-25-23(26(31)30-10-4-5-18(3)24(30)29-25)14-22(15-28)35(32,33)21-8-6-19(27)7-9-21/h4-14H,1-3H3/b22-14-. The fraction of sp³-hybridized carbons (Fsp3) is 0.115. The van der Waals surface area contributed by atoms with Gasteiger partial charge in [-0.2, -0.15) is 10.2 Å². The molecule has 4 rings (SSSR count). The fourth-order valence-electron chi connectivity index (χ4n) is 3.64. The third kappa shape index (κ3) is 4.83. The largest absolute Gasteiger partial charge is 0.438 e. The number of aryl methyl sites for hydroxylation is 3. The summed E-state index contributed by atoms with van der Waals surface area (Å²) in [5, 5.41) is 10.1. The highest BCUT2D eigenvalue weighted by Crippen LogP contribution is 2.28. The Morgan fingerprint density at radius 1 is 1.09 bits per heavy atom. The molecule has 0 aliphatic rings. The van der Waals surface area contributed by atoms with E-state index in [2.05, 4.69) is 4.98 Å². The molecule has 0 spiro atoms. The average molecular weight is 506 g/mol. The van der Waals surface area contributed by atoms with E-state index >= 15 is 0 Å². The molecule has 0 amide bonds. The van der Waals surface area contributed by atoms with Crippen molar-refractivity contribution < 1.29 is 13.2 Å². The van der Waals surface area contributed by atoms with Gasteiger partial charge in [-0.25, -0.2) is 8.42 Å². The third-order valence-corrected chi connectivity index (χ3v) is 7.19. The van der Waals surface area contributed by atoms with Crippen molar-refractivity contribution in [2.24, 2.45) is 0 Å². The normalized spacial score (nSPS) is 11.9. The maximum Gasteiger partial charge on any atom is 0.269 e. The summed E-state index contributed by atoms with van der Waals surface area (Å²) in [5.41, 5.74) is 2.22. The van der Waals surface area contributed by atoms with Gasteiger partial charge in [-0.05, 0) is 86.0 Å². The molecule has 0 aliphatic heterocycles. The van der Waals surface area contributed by atoms with Crippen LogP contribution in [0.4, 0.5) is 0 Å². The molecule has 176 valence electrons. The number of nitrogens with zero attached hydrogens (tertiary/aromatic N) is 3. The molecule has 0 N–H and O–H groups in total. The molecule has 0 radical (unpaired) electrons. The van der Waals surface area contributed by atoms with Crippen LogP contribution < -0.4 is 10.3 Å². The summed E-state index contributed by atoms with van der Waals surface area (Å²) in [6.45, 7) is 5.60. The highest BCUT2D eigenvalue weighted by Gasteiger charge is 2.24. The zero-order valence-corrected chi connectivity index (χ0v) is 20.7. The number of hydrogen-bond donors (Lipinski definition) is 0. The van der Waals surface area contributed by atoms with E-state index < -0.39 is 20.3 Å². The summed E-state index contributed by atoms with van der Waals surface area (Å²) in [7, 11) is -4.24. The number of halogens is 1. The van der Waals surface area contributed by atoms with Crippen LogP contribution in [-0.2, 0) is 9.84 Å². The first-order valence-corrected chi connectivity index (χ1v) is 12.4. The quantitative estimate of drug-likeness (QED) is 0.336. The lowest BCUT2D eigenvalue weighted by Gasteiger charge is -2.12. The number of fused-ring (bicyclic) bond motifs is 1. The third-order valence-electron chi connectivity index (χ3n) is 5.26. The van der Waals surface area contributed by atoms with Crippen LogP contribution in [-0.4, -0.2) is 17.8 Å². The van der Waals surface area contributed by atoms with E-state index in [0.717, 1.165) is 22.8 Å². The number of sulfone groups is 1. The van der Waals surface area contributed by atoms with Crippen molar-refractivity contribution in [3.63, 3.8) is 0 Å². The smallest absolute Gasteiger partial charge is 0.269 e. The van der Waals surface area contributed by atoms with Crippen LogP contribution >= 0.6 is 11.6 Å². The van der Waals surface area contributed by atoms with E-state index in [-0.39, 0.29) is 16.3 Å². The van der Waals surface area contributed by atoms with Gasteiger partial charge in [0.05, 0.1) is 4.90 Å². The minimum atomic E-state index is -4.24. The van der Waals surface area contributed by atoms with E-state index in [1.54, 1.807) is 37.3 Å². The molecule has 0 aliphatic carbocycles. The summed E-state index contributed by atoms with van der Waals surface area (Å²) in [4.78, 5) is 17.2. The van der Waals surface area contributed by atoms with Gasteiger partial charge in [0, 0.05) is 11.2 Å². The topological polar surface area (TPSA) is 102 Å². The molecule has 0 atom stereocenters. The number of nitriles is 1. The Kier molecular flexibility index (Phi) is 6.48. The van der Waals surface area contributed by atoms with Gasteiger partial charge in [0.1, 0.15) is 27.9 Å². The van der Waals surface area contributed by atoms with Crippen LogP contribution in [0.1, 0.15) is 22.3 Å². The Morgan fingerprint density at radius 3 is 2.37 bits per heavy atom. The summed E-state index contributed by atoms with van der Waals surface area (Å²) < 4.78 is 33.6. The van der Waals surface area contributed by atoms with E-state index in [9.17, 15) is 18.5 Å². The van der Waals surface area contributed by atoms with Gasteiger partial charge in [-0.15, -0.1) is 0 Å².